The number of para-hydroxylation sites is 2. The number of rotatable bonds is 11. The molecule has 1 aromatic carbocycles. The quantitative estimate of drug-likeness (QED) is 0.201. The second-order valence-electron chi connectivity index (χ2n) is 10.5. The van der Waals surface area contributed by atoms with Crippen LogP contribution in [0.1, 0.15) is 37.7 Å². The molecule has 1 fully saturated rings. The number of hydrogen-bond donors (Lipinski definition) is 2. The van der Waals surface area contributed by atoms with Crippen LogP contribution in [0.4, 0.5) is 10.6 Å². The third-order valence-corrected chi connectivity index (χ3v) is 8.31. The lowest BCUT2D eigenvalue weighted by Gasteiger charge is -2.21. The molecule has 0 spiro atoms. The number of hydrogen-bond acceptors (Lipinski definition) is 11. The molecular formula is C33H34N6O7S. The van der Waals surface area contributed by atoms with Crippen molar-refractivity contribution in [2.75, 3.05) is 25.0 Å². The number of ether oxygens (including phenoxy) is 4. The normalized spacial score (nSPS) is 13.1. The van der Waals surface area contributed by atoms with Crippen molar-refractivity contribution in [1.29, 1.82) is 0 Å². The third kappa shape index (κ3) is 9.08. The van der Waals surface area contributed by atoms with Crippen LogP contribution in [-0.4, -0.2) is 60.8 Å². The highest BCUT2D eigenvalue weighted by Crippen LogP contribution is 2.41. The summed E-state index contributed by atoms with van der Waals surface area (Å²) in [6, 6.07) is 13.2. The number of methoxy groups -OCH3 is 1. The number of nitrogens with zero attached hydrogens (tertiary/aromatic N) is 4. The first-order chi connectivity index (χ1) is 22.8. The van der Waals surface area contributed by atoms with Gasteiger partial charge in [0.15, 0.2) is 41.4 Å². The van der Waals surface area contributed by atoms with Crippen molar-refractivity contribution in [3.8, 4) is 46.4 Å². The van der Waals surface area contributed by atoms with Gasteiger partial charge in [-0.05, 0) is 55.7 Å². The van der Waals surface area contributed by atoms with Crippen LogP contribution < -0.4 is 24.2 Å². The SMILES string of the molecule is COc1ccccc1Oc1c(NS(=O)(=O)c2ccc(C)cn2)nc(-c2ccncc2)nc1OCC#CCOC(=O)NC1CCCCC1. The molecular weight excluding hydrogens is 624 g/mol. The minimum absolute atomic E-state index is 0.113. The van der Waals surface area contributed by atoms with Gasteiger partial charge in [-0.3, -0.25) is 9.71 Å². The Labute approximate surface area is 273 Å². The first-order valence-corrected chi connectivity index (χ1v) is 16.4. The summed E-state index contributed by atoms with van der Waals surface area (Å²) in [6.45, 7) is 1.45. The van der Waals surface area contributed by atoms with E-state index in [1.807, 2.05) is 0 Å². The van der Waals surface area contributed by atoms with Crippen molar-refractivity contribution in [3.63, 3.8) is 0 Å². The number of carbonyl (C=O) groups is 1. The summed E-state index contributed by atoms with van der Waals surface area (Å²) in [7, 11) is -2.77. The van der Waals surface area contributed by atoms with Crippen molar-refractivity contribution in [3.05, 3.63) is 72.7 Å². The molecule has 1 aliphatic carbocycles. The summed E-state index contributed by atoms with van der Waals surface area (Å²) in [6.07, 6.45) is 9.26. The summed E-state index contributed by atoms with van der Waals surface area (Å²) in [5, 5.41) is 2.64. The van der Waals surface area contributed by atoms with E-state index in [0.29, 0.717) is 11.3 Å². The van der Waals surface area contributed by atoms with Gasteiger partial charge in [0.1, 0.15) is 0 Å². The van der Waals surface area contributed by atoms with Crippen molar-refractivity contribution >= 4 is 21.9 Å². The molecule has 4 aromatic rings. The van der Waals surface area contributed by atoms with Crippen LogP contribution >= 0.6 is 0 Å². The summed E-state index contributed by atoms with van der Waals surface area (Å²) in [5.74, 6) is 5.80. The zero-order valence-corrected chi connectivity index (χ0v) is 26.7. The number of aromatic nitrogens is 4. The molecule has 0 atom stereocenters. The molecule has 0 bridgehead atoms. The van der Waals surface area contributed by atoms with Crippen molar-refractivity contribution in [2.24, 2.45) is 0 Å². The first-order valence-electron chi connectivity index (χ1n) is 14.9. The second kappa shape index (κ2) is 15.7. The molecule has 1 saturated carbocycles. The molecule has 2 N–H and O–H groups in total. The molecule has 47 heavy (non-hydrogen) atoms. The molecule has 0 radical (unpaired) electrons. The highest BCUT2D eigenvalue weighted by Gasteiger charge is 2.26. The van der Waals surface area contributed by atoms with Crippen LogP contribution in [0.15, 0.2) is 72.1 Å². The van der Waals surface area contributed by atoms with E-state index in [9.17, 15) is 13.2 Å². The highest BCUT2D eigenvalue weighted by atomic mass is 32.2. The average Bonchev–Trinajstić information content (AvgIpc) is 3.08. The fraction of sp³-hybridized carbons (Fsp3) is 0.303. The number of anilines is 1. The molecule has 13 nitrogen and oxygen atoms in total. The molecule has 3 heterocycles. The van der Waals surface area contributed by atoms with Gasteiger partial charge in [0, 0.05) is 30.2 Å². The number of alkyl carbamates (subject to hydrolysis) is 1. The van der Waals surface area contributed by atoms with E-state index >= 15 is 0 Å². The van der Waals surface area contributed by atoms with Gasteiger partial charge in [0.2, 0.25) is 5.75 Å². The number of amides is 1. The van der Waals surface area contributed by atoms with Gasteiger partial charge in [0.05, 0.1) is 7.11 Å². The summed E-state index contributed by atoms with van der Waals surface area (Å²) in [4.78, 5) is 29.3. The van der Waals surface area contributed by atoms with Gasteiger partial charge in [0.25, 0.3) is 15.9 Å². The average molecular weight is 659 g/mol. The Balaban J connectivity index is 1.44. The first kappa shape index (κ1) is 33.0. The van der Waals surface area contributed by atoms with E-state index in [1.165, 1.54) is 25.8 Å². The lowest BCUT2D eigenvalue weighted by Crippen LogP contribution is -2.36. The summed E-state index contributed by atoms with van der Waals surface area (Å²) in [5.41, 5.74) is 1.32. The largest absolute Gasteiger partial charge is 0.493 e. The standard InChI is InChI=1S/C33H34N6O7S/c1-23-14-15-28(35-22-23)47(41,42)39-31-29(46-27-13-7-6-12-26(27)43-2)32(38-30(37-31)24-16-18-34-19-17-24)44-20-8-9-21-45-33(40)36-25-10-4-3-5-11-25/h6-7,12-19,22,25H,3-5,10-11,20-21H2,1-2H3,(H,36,40)(H,37,38,39). The van der Waals surface area contributed by atoms with Crippen LogP contribution in [-0.2, 0) is 14.8 Å². The van der Waals surface area contributed by atoms with Crippen LogP contribution in [0.2, 0.25) is 0 Å². The second-order valence-corrected chi connectivity index (χ2v) is 12.1. The number of pyridine rings is 2. The van der Waals surface area contributed by atoms with Gasteiger partial charge in [-0.1, -0.05) is 49.3 Å². The van der Waals surface area contributed by atoms with E-state index in [4.69, 9.17) is 18.9 Å². The van der Waals surface area contributed by atoms with Crippen LogP contribution in [0.3, 0.4) is 0 Å². The molecule has 0 aliphatic heterocycles. The molecule has 3 aromatic heterocycles. The van der Waals surface area contributed by atoms with E-state index < -0.39 is 16.1 Å². The molecule has 5 rings (SSSR count). The van der Waals surface area contributed by atoms with Crippen molar-refractivity contribution < 1.29 is 32.2 Å². The third-order valence-electron chi connectivity index (χ3n) is 7.05. The number of sulfonamides is 1. The number of nitrogens with one attached hydrogen (secondary N) is 2. The Morgan fingerprint density at radius 2 is 1.70 bits per heavy atom. The van der Waals surface area contributed by atoms with E-state index in [1.54, 1.807) is 61.8 Å². The zero-order valence-electron chi connectivity index (χ0n) is 25.9. The maximum absolute atomic E-state index is 13.5. The molecule has 0 unspecified atom stereocenters. The Morgan fingerprint density at radius 3 is 2.43 bits per heavy atom. The van der Waals surface area contributed by atoms with Crippen molar-refractivity contribution in [1.82, 2.24) is 25.3 Å². The lowest BCUT2D eigenvalue weighted by atomic mass is 9.96. The Kier molecular flexibility index (Phi) is 11.0. The topological polar surface area (TPSA) is 164 Å². The molecule has 1 amide bonds. The van der Waals surface area contributed by atoms with Gasteiger partial charge in [-0.25, -0.2) is 14.8 Å². The summed E-state index contributed by atoms with van der Waals surface area (Å²) < 4.78 is 52.2. The predicted molar refractivity (Wildman–Crippen MR) is 173 cm³/mol. The number of aryl methyl sites for hydroxylation is 1. The highest BCUT2D eigenvalue weighted by molar-refractivity contribution is 7.92. The molecule has 0 saturated heterocycles. The zero-order chi connectivity index (χ0) is 33.1. The molecule has 1 aliphatic rings. The van der Waals surface area contributed by atoms with Crippen molar-refractivity contribution in [2.45, 2.75) is 50.1 Å². The van der Waals surface area contributed by atoms with Gasteiger partial charge < -0.3 is 24.3 Å². The minimum Gasteiger partial charge on any atom is -0.493 e. The monoisotopic (exact) mass is 658 g/mol. The fourth-order valence-corrected chi connectivity index (χ4v) is 5.62. The smallest absolute Gasteiger partial charge is 0.408 e. The summed E-state index contributed by atoms with van der Waals surface area (Å²) >= 11 is 0. The lowest BCUT2D eigenvalue weighted by molar-refractivity contribution is 0.152. The Morgan fingerprint density at radius 1 is 0.957 bits per heavy atom. The predicted octanol–water partition coefficient (Wildman–Crippen LogP) is 5.28. The van der Waals surface area contributed by atoms with Gasteiger partial charge >= 0.3 is 6.09 Å². The van der Waals surface area contributed by atoms with Crippen LogP contribution in [0, 0.1) is 18.8 Å². The minimum atomic E-state index is -4.24. The van der Waals surface area contributed by atoms with Crippen LogP contribution in [0.5, 0.6) is 23.1 Å². The maximum Gasteiger partial charge on any atom is 0.408 e. The van der Waals surface area contributed by atoms with Gasteiger partial charge in [-0.2, -0.15) is 13.4 Å². The fourth-order valence-electron chi connectivity index (χ4n) is 4.69. The van der Waals surface area contributed by atoms with Gasteiger partial charge in [-0.15, -0.1) is 0 Å². The molecule has 244 valence electrons. The molecule has 14 heteroatoms. The van der Waals surface area contributed by atoms with Crippen LogP contribution in [0.25, 0.3) is 11.4 Å². The van der Waals surface area contributed by atoms with E-state index in [-0.39, 0.29) is 53.3 Å². The number of benzene rings is 1. The van der Waals surface area contributed by atoms with E-state index in [0.717, 1.165) is 31.2 Å². The maximum atomic E-state index is 13.5. The Hall–Kier alpha value is -5.42. The van der Waals surface area contributed by atoms with E-state index in [2.05, 4.69) is 41.8 Å². The Bertz CT molecular complexity index is 1840. The number of carbonyl (C=O) groups excluding carboxylic acids is 1.